The molecule has 0 spiro atoms. The fraction of sp³-hybridized carbons (Fsp3) is 0.130. The van der Waals surface area contributed by atoms with Crippen molar-refractivity contribution >= 4 is 12.2 Å². The van der Waals surface area contributed by atoms with Crippen LogP contribution in [0.2, 0.25) is 0 Å². The Morgan fingerprint density at radius 2 is 1.42 bits per heavy atom. The summed E-state index contributed by atoms with van der Waals surface area (Å²) in [5, 5.41) is 0. The Balaban J connectivity index is 1.70. The second-order valence-corrected chi connectivity index (χ2v) is 6.37. The van der Waals surface area contributed by atoms with Crippen molar-refractivity contribution < 1.29 is 13.2 Å². The van der Waals surface area contributed by atoms with Crippen LogP contribution in [0, 0.1) is 17.5 Å². The smallest absolute Gasteiger partial charge is 0.136 e. The molecular weight excluding hydrogens is 333 g/mol. The Bertz CT molecular complexity index is 873. The van der Waals surface area contributed by atoms with E-state index in [1.807, 2.05) is 42.5 Å². The maximum absolute atomic E-state index is 13.7. The van der Waals surface area contributed by atoms with E-state index in [2.05, 4.69) is 19.1 Å². The van der Waals surface area contributed by atoms with Crippen LogP contribution in [0.1, 0.15) is 35.1 Å². The third-order valence-electron chi connectivity index (χ3n) is 4.38. The molecule has 3 aromatic carbocycles. The first kappa shape index (κ1) is 18.0. The zero-order chi connectivity index (χ0) is 18.5. The quantitative estimate of drug-likeness (QED) is 0.453. The average Bonchev–Trinajstić information content (AvgIpc) is 2.63. The summed E-state index contributed by atoms with van der Waals surface area (Å²) in [6, 6.07) is 19.5. The largest absolute Gasteiger partial charge is 0.207 e. The Hall–Kier alpha value is -2.81. The number of halogens is 3. The molecule has 0 amide bonds. The fourth-order valence-electron chi connectivity index (χ4n) is 2.91. The molecule has 3 rings (SSSR count). The maximum Gasteiger partial charge on any atom is 0.136 e. The first-order chi connectivity index (χ1) is 12.5. The molecule has 3 aromatic rings. The Morgan fingerprint density at radius 1 is 0.808 bits per heavy atom. The van der Waals surface area contributed by atoms with E-state index < -0.39 is 17.5 Å². The van der Waals surface area contributed by atoms with Crippen LogP contribution in [0.25, 0.3) is 12.2 Å². The lowest BCUT2D eigenvalue weighted by Gasteiger charge is -2.12. The van der Waals surface area contributed by atoms with E-state index in [1.165, 1.54) is 17.2 Å². The molecule has 26 heavy (non-hydrogen) atoms. The van der Waals surface area contributed by atoms with Crippen molar-refractivity contribution in [2.75, 3.05) is 0 Å². The zero-order valence-corrected chi connectivity index (χ0v) is 14.4. The molecule has 1 atom stereocenters. The molecule has 0 aliphatic carbocycles. The lowest BCUT2D eigenvalue weighted by atomic mass is 9.93. The molecule has 0 aliphatic rings. The number of benzene rings is 3. The highest BCUT2D eigenvalue weighted by molar-refractivity contribution is 5.70. The normalized spacial score (nSPS) is 12.5. The molecule has 3 heteroatoms. The fourth-order valence-corrected chi connectivity index (χ4v) is 2.91. The van der Waals surface area contributed by atoms with Crippen molar-refractivity contribution in [2.45, 2.75) is 19.3 Å². The van der Waals surface area contributed by atoms with Gasteiger partial charge in [0.15, 0.2) is 0 Å². The van der Waals surface area contributed by atoms with Crippen LogP contribution < -0.4 is 0 Å². The average molecular weight is 352 g/mol. The van der Waals surface area contributed by atoms with Crippen molar-refractivity contribution in [1.29, 1.82) is 0 Å². The van der Waals surface area contributed by atoms with E-state index in [4.69, 9.17) is 0 Å². The van der Waals surface area contributed by atoms with Crippen LogP contribution in [0.5, 0.6) is 0 Å². The minimum absolute atomic E-state index is 0.242. The number of hydrogen-bond donors (Lipinski definition) is 0. The molecule has 0 saturated carbocycles. The van der Waals surface area contributed by atoms with Gasteiger partial charge in [-0.15, -0.1) is 0 Å². The van der Waals surface area contributed by atoms with Crippen molar-refractivity contribution in [3.63, 3.8) is 0 Å². The summed E-state index contributed by atoms with van der Waals surface area (Å²) in [4.78, 5) is 0. The summed E-state index contributed by atoms with van der Waals surface area (Å²) in [6.45, 7) is 2.18. The van der Waals surface area contributed by atoms with Gasteiger partial charge in [-0.25, -0.2) is 13.2 Å². The monoisotopic (exact) mass is 352 g/mol. The summed E-state index contributed by atoms with van der Waals surface area (Å²) in [5.74, 6) is -2.34. The molecule has 0 unspecified atom stereocenters. The van der Waals surface area contributed by atoms with Gasteiger partial charge in [-0.3, -0.25) is 0 Å². The molecule has 0 fully saturated rings. The van der Waals surface area contributed by atoms with Gasteiger partial charge in [-0.05, 0) is 35.1 Å². The van der Waals surface area contributed by atoms with Crippen molar-refractivity contribution in [3.05, 3.63) is 106 Å². The van der Waals surface area contributed by atoms with Crippen LogP contribution >= 0.6 is 0 Å². The highest BCUT2D eigenvalue weighted by atomic mass is 19.1. The van der Waals surface area contributed by atoms with Crippen molar-refractivity contribution in [1.82, 2.24) is 0 Å². The standard InChI is InChI=1S/C23H19F3/c1-16(19-5-3-2-4-6-19)13-18-9-7-17(8-10-18)11-12-21-22(25)14-20(24)15-23(21)26/h2-12,14-16H,13H2,1H3/t16-/m0/s1. The summed E-state index contributed by atoms with van der Waals surface area (Å²) in [7, 11) is 0. The van der Waals surface area contributed by atoms with Crippen LogP contribution in [0.15, 0.2) is 66.7 Å². The first-order valence-corrected chi connectivity index (χ1v) is 8.49. The third-order valence-corrected chi connectivity index (χ3v) is 4.38. The van der Waals surface area contributed by atoms with Crippen LogP contribution in [-0.2, 0) is 6.42 Å². The predicted octanol–water partition coefficient (Wildman–Crippen LogP) is 6.62. The van der Waals surface area contributed by atoms with Crippen LogP contribution in [0.4, 0.5) is 13.2 Å². The molecular formula is C23H19F3. The Morgan fingerprint density at radius 3 is 2.04 bits per heavy atom. The minimum atomic E-state index is -0.922. The van der Waals surface area contributed by atoms with Crippen LogP contribution in [0.3, 0.4) is 0 Å². The summed E-state index contributed by atoms with van der Waals surface area (Å²) < 4.78 is 40.2. The van der Waals surface area contributed by atoms with E-state index >= 15 is 0 Å². The molecule has 0 bridgehead atoms. The second-order valence-electron chi connectivity index (χ2n) is 6.37. The highest BCUT2D eigenvalue weighted by Gasteiger charge is 2.09. The van der Waals surface area contributed by atoms with E-state index in [0.29, 0.717) is 18.1 Å². The molecule has 132 valence electrons. The molecule has 0 saturated heterocycles. The molecule has 0 radical (unpaired) electrons. The lowest BCUT2D eigenvalue weighted by molar-refractivity contribution is 0.540. The van der Waals surface area contributed by atoms with Gasteiger partial charge in [-0.2, -0.15) is 0 Å². The Kier molecular flexibility index (Phi) is 5.57. The van der Waals surface area contributed by atoms with E-state index in [-0.39, 0.29) is 5.56 Å². The lowest BCUT2D eigenvalue weighted by Crippen LogP contribution is -1.98. The topological polar surface area (TPSA) is 0 Å². The molecule has 0 N–H and O–H groups in total. The summed E-state index contributed by atoms with van der Waals surface area (Å²) in [6.07, 6.45) is 3.85. The van der Waals surface area contributed by atoms with Gasteiger partial charge in [0.05, 0.1) is 0 Å². The molecule has 0 nitrogen and oxygen atoms in total. The van der Waals surface area contributed by atoms with Crippen molar-refractivity contribution in [3.8, 4) is 0 Å². The maximum atomic E-state index is 13.7. The van der Waals surface area contributed by atoms with E-state index in [0.717, 1.165) is 12.0 Å². The number of hydrogen-bond acceptors (Lipinski definition) is 0. The summed E-state index contributed by atoms with van der Waals surface area (Å²) >= 11 is 0. The van der Waals surface area contributed by atoms with Crippen LogP contribution in [-0.4, -0.2) is 0 Å². The highest BCUT2D eigenvalue weighted by Crippen LogP contribution is 2.21. The minimum Gasteiger partial charge on any atom is -0.207 e. The second kappa shape index (κ2) is 8.05. The third kappa shape index (κ3) is 4.42. The van der Waals surface area contributed by atoms with Gasteiger partial charge < -0.3 is 0 Å². The Labute approximate surface area is 151 Å². The van der Waals surface area contributed by atoms with Gasteiger partial charge in [-0.1, -0.05) is 67.6 Å². The van der Waals surface area contributed by atoms with Crippen molar-refractivity contribution in [2.24, 2.45) is 0 Å². The molecule has 0 aliphatic heterocycles. The van der Waals surface area contributed by atoms with Gasteiger partial charge in [0, 0.05) is 17.7 Å². The van der Waals surface area contributed by atoms with Gasteiger partial charge in [0.1, 0.15) is 17.5 Å². The predicted molar refractivity (Wildman–Crippen MR) is 100 cm³/mol. The first-order valence-electron chi connectivity index (χ1n) is 8.49. The van der Waals surface area contributed by atoms with Gasteiger partial charge in [0.25, 0.3) is 0 Å². The van der Waals surface area contributed by atoms with E-state index in [1.54, 1.807) is 6.08 Å². The SMILES string of the molecule is C[C@@H](Cc1ccc(C=Cc2c(F)cc(F)cc2F)cc1)c1ccccc1. The van der Waals surface area contributed by atoms with E-state index in [9.17, 15) is 13.2 Å². The summed E-state index contributed by atoms with van der Waals surface area (Å²) in [5.41, 5.74) is 3.06. The zero-order valence-electron chi connectivity index (χ0n) is 14.4. The van der Waals surface area contributed by atoms with Gasteiger partial charge >= 0.3 is 0 Å². The number of rotatable bonds is 5. The van der Waals surface area contributed by atoms with Gasteiger partial charge in [0.2, 0.25) is 0 Å². The molecule has 0 heterocycles. The molecule has 0 aromatic heterocycles.